The van der Waals surface area contributed by atoms with E-state index in [9.17, 15) is 24.3 Å². The fourth-order valence-corrected chi connectivity index (χ4v) is 5.72. The lowest BCUT2D eigenvalue weighted by atomic mass is 9.60. The van der Waals surface area contributed by atoms with Gasteiger partial charge in [-0.15, -0.1) is 0 Å². The lowest BCUT2D eigenvalue weighted by Crippen LogP contribution is -2.70. The summed E-state index contributed by atoms with van der Waals surface area (Å²) in [5.41, 5.74) is -1.23. The van der Waals surface area contributed by atoms with Gasteiger partial charge in [-0.3, -0.25) is 9.59 Å². The van der Waals surface area contributed by atoms with E-state index in [1.54, 1.807) is 0 Å². The highest BCUT2D eigenvalue weighted by Gasteiger charge is 2.55. The molecule has 11 nitrogen and oxygen atoms in total. The summed E-state index contributed by atoms with van der Waals surface area (Å²) in [6, 6.07) is 8.81. The molecule has 2 aromatic rings. The summed E-state index contributed by atoms with van der Waals surface area (Å²) >= 11 is 12.0. The van der Waals surface area contributed by atoms with Crippen molar-refractivity contribution in [3.63, 3.8) is 0 Å². The maximum atomic E-state index is 12.7. The quantitative estimate of drug-likeness (QED) is 0.346. The second-order valence-corrected chi connectivity index (χ2v) is 10.9. The molecule has 13 heteroatoms. The zero-order valence-corrected chi connectivity index (χ0v) is 24.0. The molecule has 3 saturated carbocycles. The molecule has 3 aliphatic rings. The van der Waals surface area contributed by atoms with Gasteiger partial charge in [0.05, 0.1) is 47.0 Å². The molecule has 2 amide bonds. The number of benzene rings is 2. The molecule has 0 aromatic heterocycles. The van der Waals surface area contributed by atoms with Gasteiger partial charge < -0.3 is 34.7 Å². The minimum Gasteiger partial charge on any atom is -0.484 e. The molecule has 2 aromatic carbocycles. The highest BCUT2D eigenvalue weighted by Crippen LogP contribution is 2.47. The third kappa shape index (κ3) is 6.86. The van der Waals surface area contributed by atoms with E-state index in [-0.39, 0.29) is 58.2 Å². The Hall–Kier alpha value is -3.54. The maximum absolute atomic E-state index is 12.7. The number of methoxy groups -OCH3 is 2. The number of halogens is 2. The number of carbonyl (C=O) groups excluding carboxylic acids is 4. The third-order valence-corrected chi connectivity index (χ3v) is 8.20. The molecule has 0 spiro atoms. The second-order valence-electron chi connectivity index (χ2n) is 10.1. The number of fused-ring (bicyclic) bond motifs is 3. The van der Waals surface area contributed by atoms with Crippen LogP contribution in [0.4, 0.5) is 0 Å². The molecule has 2 bridgehead atoms. The van der Waals surface area contributed by atoms with Gasteiger partial charge in [0.2, 0.25) is 0 Å². The number of nitrogens with one attached hydrogen (secondary N) is 2. The van der Waals surface area contributed by atoms with Crippen molar-refractivity contribution in [2.45, 2.75) is 49.3 Å². The SMILES string of the molecule is COC(=O)c1cc(OCC(=O)NC23CCC(NC(=O)COc4ccc(Cl)c(C(=O)OC)c4)(CC2)[C@H](O)C3)ccc1Cl. The minimum atomic E-state index is -0.893. The van der Waals surface area contributed by atoms with Gasteiger partial charge in [0.25, 0.3) is 11.8 Å². The number of carbonyl (C=O) groups is 4. The van der Waals surface area contributed by atoms with Gasteiger partial charge in [-0.2, -0.15) is 0 Å². The Kier molecular flexibility index (Phi) is 9.31. The number of esters is 2. The van der Waals surface area contributed by atoms with Crippen molar-refractivity contribution in [3.05, 3.63) is 57.6 Å². The average Bonchev–Trinajstić information content (AvgIpc) is 2.96. The van der Waals surface area contributed by atoms with E-state index in [4.69, 9.17) is 37.4 Å². The predicted molar refractivity (Wildman–Crippen MR) is 147 cm³/mol. The minimum absolute atomic E-state index is 0.114. The zero-order valence-electron chi connectivity index (χ0n) is 22.5. The maximum Gasteiger partial charge on any atom is 0.339 e. The molecule has 3 fully saturated rings. The van der Waals surface area contributed by atoms with Crippen LogP contribution >= 0.6 is 23.2 Å². The number of amides is 2. The molecule has 5 rings (SSSR count). The Morgan fingerprint density at radius 3 is 1.71 bits per heavy atom. The van der Waals surface area contributed by atoms with Crippen LogP contribution in [0.3, 0.4) is 0 Å². The molecule has 0 saturated heterocycles. The van der Waals surface area contributed by atoms with Crippen LogP contribution in [0, 0.1) is 0 Å². The van der Waals surface area contributed by atoms with Crippen molar-refractivity contribution in [2.75, 3.05) is 27.4 Å². The van der Waals surface area contributed by atoms with Crippen molar-refractivity contribution in [3.8, 4) is 11.5 Å². The topological polar surface area (TPSA) is 149 Å². The van der Waals surface area contributed by atoms with E-state index in [0.717, 1.165) is 0 Å². The molecule has 0 radical (unpaired) electrons. The van der Waals surface area contributed by atoms with Crippen LogP contribution in [-0.2, 0) is 19.1 Å². The number of hydrogen-bond donors (Lipinski definition) is 3. The van der Waals surface area contributed by atoms with Crippen LogP contribution in [0.5, 0.6) is 11.5 Å². The molecule has 220 valence electrons. The van der Waals surface area contributed by atoms with E-state index in [1.807, 2.05) is 0 Å². The number of rotatable bonds is 10. The normalized spacial score (nSPS) is 22.8. The van der Waals surface area contributed by atoms with Crippen molar-refractivity contribution < 1.29 is 43.2 Å². The summed E-state index contributed by atoms with van der Waals surface area (Å²) in [4.78, 5) is 49.2. The number of ether oxygens (including phenoxy) is 4. The standard InChI is InChI=1S/C28H30Cl2N2O9/c1-38-25(36)18-11-16(3-5-20(18)29)40-14-23(34)31-27-7-9-28(10-8-27,22(33)13-27)32-24(35)15-41-17-4-6-21(30)19(12-17)26(37)39-2/h3-6,11-12,22,33H,7-10,13-15H2,1-2H3,(H,31,34)(H,32,35)/t22-,27?,28?/m1/s1. The molecular formula is C28H30Cl2N2O9. The van der Waals surface area contributed by atoms with Gasteiger partial charge in [-0.05, 0) is 68.5 Å². The Balaban J connectivity index is 1.29. The third-order valence-electron chi connectivity index (χ3n) is 7.54. The van der Waals surface area contributed by atoms with E-state index < -0.39 is 35.0 Å². The number of hydrogen-bond acceptors (Lipinski definition) is 9. The second kappa shape index (κ2) is 12.5. The summed E-state index contributed by atoms with van der Waals surface area (Å²) in [7, 11) is 2.47. The highest BCUT2D eigenvalue weighted by molar-refractivity contribution is 6.34. The average molecular weight is 609 g/mol. The Labute approximate surface area is 246 Å². The Bertz CT molecular complexity index is 1340. The first-order valence-electron chi connectivity index (χ1n) is 12.8. The number of aliphatic hydroxyl groups is 1. The van der Waals surface area contributed by atoms with E-state index in [0.29, 0.717) is 25.7 Å². The monoisotopic (exact) mass is 608 g/mol. The van der Waals surface area contributed by atoms with Gasteiger partial charge >= 0.3 is 11.9 Å². The van der Waals surface area contributed by atoms with Crippen molar-refractivity contribution in [2.24, 2.45) is 0 Å². The van der Waals surface area contributed by atoms with Crippen LogP contribution in [0.2, 0.25) is 10.0 Å². The summed E-state index contributed by atoms with van der Waals surface area (Å²) in [5.74, 6) is -1.52. The first-order valence-corrected chi connectivity index (χ1v) is 13.6. The smallest absolute Gasteiger partial charge is 0.339 e. The molecule has 0 heterocycles. The van der Waals surface area contributed by atoms with Gasteiger partial charge in [-0.25, -0.2) is 9.59 Å². The van der Waals surface area contributed by atoms with Gasteiger partial charge in [0, 0.05) is 5.54 Å². The van der Waals surface area contributed by atoms with Crippen LogP contribution in [0.25, 0.3) is 0 Å². The van der Waals surface area contributed by atoms with Crippen molar-refractivity contribution >= 4 is 47.0 Å². The van der Waals surface area contributed by atoms with Crippen LogP contribution in [0.1, 0.15) is 52.8 Å². The summed E-state index contributed by atoms with van der Waals surface area (Å²) in [5, 5.41) is 17.3. The lowest BCUT2D eigenvalue weighted by molar-refractivity contribution is -0.137. The molecule has 41 heavy (non-hydrogen) atoms. The van der Waals surface area contributed by atoms with Crippen molar-refractivity contribution in [1.82, 2.24) is 10.6 Å². The molecular weight excluding hydrogens is 579 g/mol. The van der Waals surface area contributed by atoms with E-state index in [1.165, 1.54) is 50.6 Å². The molecule has 0 aliphatic heterocycles. The highest BCUT2D eigenvalue weighted by atomic mass is 35.5. The molecule has 0 unspecified atom stereocenters. The summed E-state index contributed by atoms with van der Waals surface area (Å²) in [6.45, 7) is -0.639. The van der Waals surface area contributed by atoms with Crippen LogP contribution in [-0.4, -0.2) is 73.5 Å². The summed E-state index contributed by atoms with van der Waals surface area (Å²) < 4.78 is 20.5. The van der Waals surface area contributed by atoms with E-state index >= 15 is 0 Å². The number of aliphatic hydroxyl groups excluding tert-OH is 1. The fourth-order valence-electron chi connectivity index (χ4n) is 5.33. The fraction of sp³-hybridized carbons (Fsp3) is 0.429. The molecule has 3 aliphatic carbocycles. The van der Waals surface area contributed by atoms with Crippen LogP contribution < -0.4 is 20.1 Å². The Morgan fingerprint density at radius 2 is 1.27 bits per heavy atom. The van der Waals surface area contributed by atoms with Gasteiger partial charge in [-0.1, -0.05) is 23.2 Å². The molecule has 3 N–H and O–H groups in total. The first-order chi connectivity index (χ1) is 19.5. The van der Waals surface area contributed by atoms with Gasteiger partial charge in [0.15, 0.2) is 13.2 Å². The predicted octanol–water partition coefficient (Wildman–Crippen LogP) is 3.07. The largest absolute Gasteiger partial charge is 0.484 e. The molecule has 1 atom stereocenters. The first kappa shape index (κ1) is 30.4. The van der Waals surface area contributed by atoms with Gasteiger partial charge in [0.1, 0.15) is 11.5 Å². The van der Waals surface area contributed by atoms with E-state index in [2.05, 4.69) is 15.4 Å². The Morgan fingerprint density at radius 1 is 0.805 bits per heavy atom. The lowest BCUT2D eigenvalue weighted by Gasteiger charge is -2.56. The van der Waals surface area contributed by atoms with Crippen LogP contribution in [0.15, 0.2) is 36.4 Å². The summed E-state index contributed by atoms with van der Waals surface area (Å²) in [6.07, 6.45) is 1.36. The van der Waals surface area contributed by atoms with Crippen molar-refractivity contribution in [1.29, 1.82) is 0 Å². The zero-order chi connectivity index (χ0) is 29.8.